The lowest BCUT2D eigenvalue weighted by Gasteiger charge is -2.24. The molecule has 0 fully saturated rings. The highest BCUT2D eigenvalue weighted by Gasteiger charge is 2.17. The predicted octanol–water partition coefficient (Wildman–Crippen LogP) is 5.60. The molecule has 0 aliphatic carbocycles. The van der Waals surface area contributed by atoms with Gasteiger partial charge in [-0.15, -0.1) is 0 Å². The van der Waals surface area contributed by atoms with E-state index in [2.05, 4.69) is 61.0 Å². The largest absolute Gasteiger partial charge is 0.345 e. The minimum atomic E-state index is 0.108. The minimum absolute atomic E-state index is 0.108. The van der Waals surface area contributed by atoms with E-state index in [-0.39, 0.29) is 5.91 Å². The Labute approximate surface area is 168 Å². The summed E-state index contributed by atoms with van der Waals surface area (Å²) in [4.78, 5) is 15.1. The maximum Gasteiger partial charge on any atom is 0.254 e. The molecular formula is C25H30N2O. The first-order chi connectivity index (χ1) is 13.6. The standard InChI is InChI=1S/C25H30N2O/c1-4-5-16-27(25(28)22-14-12-20(2)13-15-22)19-24-11-8-17-26(24)18-23-10-7-6-9-21(23)3/h6-15,17H,4-5,16,18-19H2,1-3H3. The highest BCUT2D eigenvalue weighted by molar-refractivity contribution is 5.94. The molecule has 1 aromatic heterocycles. The third-order valence-corrected chi connectivity index (χ3v) is 5.25. The molecule has 0 saturated carbocycles. The number of amides is 1. The summed E-state index contributed by atoms with van der Waals surface area (Å²) in [5, 5.41) is 0. The number of rotatable bonds is 8. The van der Waals surface area contributed by atoms with Crippen molar-refractivity contribution in [2.24, 2.45) is 0 Å². The Hall–Kier alpha value is -2.81. The molecule has 3 aromatic rings. The van der Waals surface area contributed by atoms with Crippen LogP contribution in [-0.2, 0) is 13.1 Å². The molecule has 0 radical (unpaired) electrons. The van der Waals surface area contributed by atoms with E-state index >= 15 is 0 Å². The first-order valence-electron chi connectivity index (χ1n) is 10.1. The molecule has 0 saturated heterocycles. The Balaban J connectivity index is 1.80. The monoisotopic (exact) mass is 374 g/mol. The van der Waals surface area contributed by atoms with Gasteiger partial charge in [0.1, 0.15) is 0 Å². The van der Waals surface area contributed by atoms with Crippen molar-refractivity contribution in [3.63, 3.8) is 0 Å². The van der Waals surface area contributed by atoms with E-state index in [9.17, 15) is 4.79 Å². The number of hydrogen-bond acceptors (Lipinski definition) is 1. The van der Waals surface area contributed by atoms with E-state index < -0.39 is 0 Å². The Morgan fingerprint density at radius 3 is 2.43 bits per heavy atom. The van der Waals surface area contributed by atoms with Crippen LogP contribution in [0.25, 0.3) is 0 Å². The average Bonchev–Trinajstić information content (AvgIpc) is 3.13. The number of benzene rings is 2. The molecule has 0 aliphatic heterocycles. The Morgan fingerprint density at radius 1 is 0.964 bits per heavy atom. The van der Waals surface area contributed by atoms with Crippen molar-refractivity contribution in [1.29, 1.82) is 0 Å². The van der Waals surface area contributed by atoms with Gasteiger partial charge in [0.05, 0.1) is 6.54 Å². The lowest BCUT2D eigenvalue weighted by molar-refractivity contribution is 0.0737. The normalized spacial score (nSPS) is 10.8. The third-order valence-electron chi connectivity index (χ3n) is 5.25. The van der Waals surface area contributed by atoms with E-state index in [1.54, 1.807) is 0 Å². The van der Waals surface area contributed by atoms with Crippen LogP contribution in [0.1, 0.15) is 52.5 Å². The predicted molar refractivity (Wildman–Crippen MR) is 116 cm³/mol. The van der Waals surface area contributed by atoms with Crippen molar-refractivity contribution >= 4 is 5.91 Å². The van der Waals surface area contributed by atoms with Gasteiger partial charge in [-0.3, -0.25) is 4.79 Å². The third kappa shape index (κ3) is 4.92. The van der Waals surface area contributed by atoms with Crippen LogP contribution in [0.4, 0.5) is 0 Å². The Morgan fingerprint density at radius 2 is 1.71 bits per heavy atom. The summed E-state index contributed by atoms with van der Waals surface area (Å²) in [6.07, 6.45) is 4.19. The van der Waals surface area contributed by atoms with Crippen LogP contribution in [0.2, 0.25) is 0 Å². The molecule has 1 amide bonds. The van der Waals surface area contributed by atoms with Gasteiger partial charge < -0.3 is 9.47 Å². The maximum absolute atomic E-state index is 13.1. The Kier molecular flexibility index (Phi) is 6.70. The molecule has 3 rings (SSSR count). The van der Waals surface area contributed by atoms with Crippen molar-refractivity contribution in [1.82, 2.24) is 9.47 Å². The molecule has 0 atom stereocenters. The van der Waals surface area contributed by atoms with Crippen molar-refractivity contribution < 1.29 is 4.79 Å². The number of carbonyl (C=O) groups is 1. The van der Waals surface area contributed by atoms with Gasteiger partial charge in [-0.25, -0.2) is 0 Å². The van der Waals surface area contributed by atoms with Crippen LogP contribution in [0, 0.1) is 13.8 Å². The molecule has 3 heteroatoms. The van der Waals surface area contributed by atoms with Gasteiger partial charge in [-0.2, -0.15) is 0 Å². The second-order valence-electron chi connectivity index (χ2n) is 7.50. The number of nitrogens with zero attached hydrogens (tertiary/aromatic N) is 2. The second-order valence-corrected chi connectivity index (χ2v) is 7.50. The highest BCUT2D eigenvalue weighted by Crippen LogP contribution is 2.16. The van der Waals surface area contributed by atoms with Crippen molar-refractivity contribution in [3.8, 4) is 0 Å². The zero-order valence-electron chi connectivity index (χ0n) is 17.2. The van der Waals surface area contributed by atoms with Gasteiger partial charge in [0.25, 0.3) is 5.91 Å². The minimum Gasteiger partial charge on any atom is -0.345 e. The lowest BCUT2D eigenvalue weighted by Crippen LogP contribution is -2.32. The van der Waals surface area contributed by atoms with E-state index in [0.717, 1.165) is 31.5 Å². The number of aromatic nitrogens is 1. The molecule has 0 N–H and O–H groups in total. The van der Waals surface area contributed by atoms with E-state index in [4.69, 9.17) is 0 Å². The van der Waals surface area contributed by atoms with Gasteiger partial charge in [0.15, 0.2) is 0 Å². The van der Waals surface area contributed by atoms with Crippen LogP contribution < -0.4 is 0 Å². The number of hydrogen-bond donors (Lipinski definition) is 0. The van der Waals surface area contributed by atoms with Crippen LogP contribution in [-0.4, -0.2) is 21.9 Å². The number of unbranched alkanes of at least 4 members (excludes halogenated alkanes) is 1. The first kappa shape index (κ1) is 19.9. The molecule has 2 aromatic carbocycles. The summed E-state index contributed by atoms with van der Waals surface area (Å²) in [6.45, 7) is 8.59. The van der Waals surface area contributed by atoms with E-state index in [1.807, 2.05) is 36.1 Å². The quantitative estimate of drug-likeness (QED) is 0.504. The first-order valence-corrected chi connectivity index (χ1v) is 10.1. The fourth-order valence-corrected chi connectivity index (χ4v) is 3.39. The van der Waals surface area contributed by atoms with Gasteiger partial charge in [-0.1, -0.05) is 55.3 Å². The molecule has 28 heavy (non-hydrogen) atoms. The smallest absolute Gasteiger partial charge is 0.254 e. The fraction of sp³-hybridized carbons (Fsp3) is 0.320. The van der Waals surface area contributed by atoms with Gasteiger partial charge >= 0.3 is 0 Å². The van der Waals surface area contributed by atoms with E-state index in [1.165, 1.54) is 22.4 Å². The van der Waals surface area contributed by atoms with Crippen LogP contribution >= 0.6 is 0 Å². The molecule has 0 unspecified atom stereocenters. The molecule has 3 nitrogen and oxygen atoms in total. The molecule has 146 valence electrons. The summed E-state index contributed by atoms with van der Waals surface area (Å²) in [6, 6.07) is 20.5. The Bertz CT molecular complexity index is 908. The van der Waals surface area contributed by atoms with E-state index in [0.29, 0.717) is 6.54 Å². The topological polar surface area (TPSA) is 25.2 Å². The maximum atomic E-state index is 13.1. The zero-order chi connectivity index (χ0) is 19.9. The second kappa shape index (κ2) is 9.41. The molecule has 0 aliphatic rings. The molecular weight excluding hydrogens is 344 g/mol. The number of carbonyl (C=O) groups excluding carboxylic acids is 1. The lowest BCUT2D eigenvalue weighted by atomic mass is 10.1. The average molecular weight is 375 g/mol. The van der Waals surface area contributed by atoms with Gasteiger partial charge in [-0.05, 0) is 55.7 Å². The van der Waals surface area contributed by atoms with Crippen LogP contribution in [0.5, 0.6) is 0 Å². The van der Waals surface area contributed by atoms with Gasteiger partial charge in [0, 0.05) is 30.5 Å². The fourth-order valence-electron chi connectivity index (χ4n) is 3.39. The van der Waals surface area contributed by atoms with Crippen LogP contribution in [0.3, 0.4) is 0 Å². The summed E-state index contributed by atoms with van der Waals surface area (Å²) in [5.41, 5.74) is 5.70. The van der Waals surface area contributed by atoms with Crippen molar-refractivity contribution in [2.75, 3.05) is 6.54 Å². The summed E-state index contributed by atoms with van der Waals surface area (Å²) in [7, 11) is 0. The van der Waals surface area contributed by atoms with Crippen molar-refractivity contribution in [3.05, 3.63) is 94.8 Å². The zero-order valence-corrected chi connectivity index (χ0v) is 17.2. The van der Waals surface area contributed by atoms with Crippen LogP contribution in [0.15, 0.2) is 66.9 Å². The summed E-state index contributed by atoms with van der Waals surface area (Å²) >= 11 is 0. The molecule has 1 heterocycles. The highest BCUT2D eigenvalue weighted by atomic mass is 16.2. The molecule has 0 bridgehead atoms. The summed E-state index contributed by atoms with van der Waals surface area (Å²) < 4.78 is 2.25. The molecule has 0 spiro atoms. The SMILES string of the molecule is CCCCN(Cc1cccn1Cc1ccccc1C)C(=O)c1ccc(C)cc1. The summed E-state index contributed by atoms with van der Waals surface area (Å²) in [5.74, 6) is 0.108. The van der Waals surface area contributed by atoms with Gasteiger partial charge in [0.2, 0.25) is 0 Å². The number of aryl methyl sites for hydroxylation is 2. The van der Waals surface area contributed by atoms with Crippen molar-refractivity contribution in [2.45, 2.75) is 46.7 Å².